The van der Waals surface area contributed by atoms with Crippen molar-refractivity contribution in [3.63, 3.8) is 0 Å². The molecule has 1 atom stereocenters. The molecule has 3 heterocycles. The molecule has 0 bridgehead atoms. The van der Waals surface area contributed by atoms with Gasteiger partial charge in [-0.3, -0.25) is 9.69 Å². The van der Waals surface area contributed by atoms with E-state index in [0.29, 0.717) is 18.4 Å². The Hall–Kier alpha value is -1.33. The zero-order chi connectivity index (χ0) is 16.2. The lowest BCUT2D eigenvalue weighted by atomic mass is 9.99. The van der Waals surface area contributed by atoms with E-state index in [0.717, 1.165) is 39.3 Å². The maximum absolute atomic E-state index is 12.5. The van der Waals surface area contributed by atoms with Crippen LogP contribution in [0.1, 0.15) is 37.4 Å². The fourth-order valence-electron chi connectivity index (χ4n) is 3.87. The standard InChI is InChI=1S/C18H30N4O/c1-19-12-14-22(15-13-19)18(23)8-11-21-10-4-3-6-17(21)16-7-5-9-20(16)2/h5,7,9,17H,3-4,6,8,10-15H2,1-2H3/t17-/m0/s1. The third-order valence-corrected chi connectivity index (χ3v) is 5.41. The predicted octanol–water partition coefficient (Wildman–Crippen LogP) is 1.72. The number of rotatable bonds is 4. The van der Waals surface area contributed by atoms with Crippen molar-refractivity contribution in [1.82, 2.24) is 19.3 Å². The van der Waals surface area contributed by atoms with E-state index >= 15 is 0 Å². The number of likely N-dealkylation sites (N-methyl/N-ethyl adjacent to an activating group) is 1. The molecule has 23 heavy (non-hydrogen) atoms. The van der Waals surface area contributed by atoms with Crippen LogP contribution in [0.3, 0.4) is 0 Å². The molecule has 0 unspecified atom stereocenters. The molecule has 0 radical (unpaired) electrons. The van der Waals surface area contributed by atoms with Gasteiger partial charge in [0, 0.05) is 64.1 Å². The Labute approximate surface area is 139 Å². The summed E-state index contributed by atoms with van der Waals surface area (Å²) in [6.45, 7) is 5.78. The molecule has 2 aliphatic heterocycles. The van der Waals surface area contributed by atoms with E-state index in [9.17, 15) is 4.79 Å². The van der Waals surface area contributed by atoms with Crippen molar-refractivity contribution < 1.29 is 4.79 Å². The van der Waals surface area contributed by atoms with Gasteiger partial charge in [-0.05, 0) is 38.6 Å². The highest BCUT2D eigenvalue weighted by molar-refractivity contribution is 5.76. The minimum atomic E-state index is 0.328. The van der Waals surface area contributed by atoms with Crippen molar-refractivity contribution in [3.8, 4) is 0 Å². The molecule has 5 nitrogen and oxygen atoms in total. The lowest BCUT2D eigenvalue weighted by Gasteiger charge is -2.37. The number of likely N-dealkylation sites (tertiary alicyclic amines) is 1. The van der Waals surface area contributed by atoms with Crippen LogP contribution in [0.4, 0.5) is 0 Å². The van der Waals surface area contributed by atoms with Crippen LogP contribution in [0, 0.1) is 0 Å². The second-order valence-corrected chi connectivity index (χ2v) is 7.03. The van der Waals surface area contributed by atoms with Crippen LogP contribution in [0.2, 0.25) is 0 Å². The number of aromatic nitrogens is 1. The molecule has 0 saturated carbocycles. The number of amides is 1. The van der Waals surface area contributed by atoms with Gasteiger partial charge in [-0.25, -0.2) is 0 Å². The zero-order valence-electron chi connectivity index (χ0n) is 14.6. The van der Waals surface area contributed by atoms with Gasteiger partial charge in [-0.1, -0.05) is 6.42 Å². The number of hydrogen-bond acceptors (Lipinski definition) is 3. The van der Waals surface area contributed by atoms with Gasteiger partial charge < -0.3 is 14.4 Å². The van der Waals surface area contributed by atoms with Gasteiger partial charge in [0.2, 0.25) is 5.91 Å². The summed E-state index contributed by atoms with van der Waals surface area (Å²) in [5, 5.41) is 0. The summed E-state index contributed by atoms with van der Waals surface area (Å²) in [5.41, 5.74) is 1.39. The Kier molecular flexibility index (Phi) is 5.38. The highest BCUT2D eigenvalue weighted by atomic mass is 16.2. The maximum Gasteiger partial charge on any atom is 0.223 e. The second-order valence-electron chi connectivity index (χ2n) is 7.03. The average Bonchev–Trinajstić information content (AvgIpc) is 2.99. The van der Waals surface area contributed by atoms with E-state index in [2.05, 4.69) is 46.8 Å². The van der Waals surface area contributed by atoms with Gasteiger partial charge >= 0.3 is 0 Å². The van der Waals surface area contributed by atoms with Crippen molar-refractivity contribution in [2.45, 2.75) is 31.7 Å². The molecule has 1 aromatic rings. The van der Waals surface area contributed by atoms with Crippen LogP contribution in [0.15, 0.2) is 18.3 Å². The quantitative estimate of drug-likeness (QED) is 0.847. The van der Waals surface area contributed by atoms with E-state index in [1.54, 1.807) is 0 Å². The number of hydrogen-bond donors (Lipinski definition) is 0. The van der Waals surface area contributed by atoms with Gasteiger partial charge in [-0.15, -0.1) is 0 Å². The Bertz CT molecular complexity index is 519. The number of nitrogens with zero attached hydrogens (tertiary/aromatic N) is 4. The summed E-state index contributed by atoms with van der Waals surface area (Å²) in [7, 11) is 4.25. The zero-order valence-corrected chi connectivity index (χ0v) is 14.6. The largest absolute Gasteiger partial charge is 0.353 e. The molecule has 0 aliphatic carbocycles. The first-order chi connectivity index (χ1) is 11.1. The molecule has 0 aromatic carbocycles. The highest BCUT2D eigenvalue weighted by Gasteiger charge is 2.27. The molecule has 128 valence electrons. The minimum absolute atomic E-state index is 0.328. The summed E-state index contributed by atoms with van der Waals surface area (Å²) in [5.74, 6) is 0.328. The fraction of sp³-hybridized carbons (Fsp3) is 0.722. The van der Waals surface area contributed by atoms with E-state index in [-0.39, 0.29) is 0 Å². The number of piperazine rings is 1. The van der Waals surface area contributed by atoms with Gasteiger partial charge in [0.05, 0.1) is 0 Å². The second kappa shape index (κ2) is 7.49. The lowest BCUT2D eigenvalue weighted by molar-refractivity contribution is -0.133. The van der Waals surface area contributed by atoms with Crippen LogP contribution >= 0.6 is 0 Å². The maximum atomic E-state index is 12.5. The Balaban J connectivity index is 1.55. The van der Waals surface area contributed by atoms with Crippen LogP contribution in [-0.2, 0) is 11.8 Å². The monoisotopic (exact) mass is 318 g/mol. The van der Waals surface area contributed by atoms with Crippen LogP contribution in [0.25, 0.3) is 0 Å². The van der Waals surface area contributed by atoms with E-state index in [1.165, 1.54) is 25.0 Å². The lowest BCUT2D eigenvalue weighted by Crippen LogP contribution is -2.48. The minimum Gasteiger partial charge on any atom is -0.353 e. The van der Waals surface area contributed by atoms with Crippen LogP contribution in [0.5, 0.6) is 0 Å². The van der Waals surface area contributed by atoms with E-state index in [4.69, 9.17) is 0 Å². The van der Waals surface area contributed by atoms with Gasteiger partial charge in [0.15, 0.2) is 0 Å². The summed E-state index contributed by atoms with van der Waals surface area (Å²) in [6.07, 6.45) is 6.53. The van der Waals surface area contributed by atoms with Crippen molar-refractivity contribution >= 4 is 5.91 Å². The third kappa shape index (κ3) is 3.96. The first-order valence-electron chi connectivity index (χ1n) is 8.97. The molecule has 5 heteroatoms. The third-order valence-electron chi connectivity index (χ3n) is 5.41. The molecule has 1 amide bonds. The molecule has 2 fully saturated rings. The fourth-order valence-corrected chi connectivity index (χ4v) is 3.87. The van der Waals surface area contributed by atoms with Crippen molar-refractivity contribution in [2.24, 2.45) is 7.05 Å². The molecule has 1 aromatic heterocycles. The predicted molar refractivity (Wildman–Crippen MR) is 92.3 cm³/mol. The number of piperidine rings is 1. The molecular formula is C18H30N4O. The van der Waals surface area contributed by atoms with Crippen molar-refractivity contribution in [3.05, 3.63) is 24.0 Å². The highest BCUT2D eigenvalue weighted by Crippen LogP contribution is 2.30. The van der Waals surface area contributed by atoms with Crippen LogP contribution in [-0.4, -0.2) is 71.5 Å². The van der Waals surface area contributed by atoms with Gasteiger partial charge in [0.25, 0.3) is 0 Å². The molecule has 2 saturated heterocycles. The van der Waals surface area contributed by atoms with Crippen molar-refractivity contribution in [1.29, 1.82) is 0 Å². The summed E-state index contributed by atoms with van der Waals surface area (Å²) in [4.78, 5) is 19.3. The summed E-state index contributed by atoms with van der Waals surface area (Å²) in [6, 6.07) is 4.83. The smallest absolute Gasteiger partial charge is 0.223 e. The van der Waals surface area contributed by atoms with Gasteiger partial charge in [-0.2, -0.15) is 0 Å². The molecular weight excluding hydrogens is 288 g/mol. The average molecular weight is 318 g/mol. The van der Waals surface area contributed by atoms with Crippen LogP contribution < -0.4 is 0 Å². The number of carbonyl (C=O) groups excluding carboxylic acids is 1. The molecule has 2 aliphatic rings. The topological polar surface area (TPSA) is 31.7 Å². The number of carbonyl (C=O) groups is 1. The van der Waals surface area contributed by atoms with E-state index in [1.807, 2.05) is 4.90 Å². The first kappa shape index (κ1) is 16.5. The molecule has 0 N–H and O–H groups in total. The van der Waals surface area contributed by atoms with Gasteiger partial charge in [0.1, 0.15) is 0 Å². The molecule has 3 rings (SSSR count). The Morgan fingerprint density at radius 1 is 1.13 bits per heavy atom. The van der Waals surface area contributed by atoms with Crippen molar-refractivity contribution in [2.75, 3.05) is 46.3 Å². The summed E-state index contributed by atoms with van der Waals surface area (Å²) >= 11 is 0. The Morgan fingerprint density at radius 2 is 1.91 bits per heavy atom. The molecule has 0 spiro atoms. The van der Waals surface area contributed by atoms with E-state index < -0.39 is 0 Å². The summed E-state index contributed by atoms with van der Waals surface area (Å²) < 4.78 is 2.23. The first-order valence-corrected chi connectivity index (χ1v) is 8.97. The number of aryl methyl sites for hydroxylation is 1. The SMILES string of the molecule is CN1CCN(C(=O)CCN2CCCC[C@H]2c2cccn2C)CC1. The normalized spacial score (nSPS) is 24.1. The Morgan fingerprint density at radius 3 is 2.61 bits per heavy atom.